The average molecular weight is 437 g/mol. The standard InChI is InChI=1S/C26H28O6/c1-30-25-24(29)23(28)22(27)21(32-25)17-31-26(18-11-5-2-6-12-18,19-13-7-3-8-14-19)20-15-9-4-10-16-20/h2-16,21-25,27-29H,17H2,1H3/t21-,22?,23+,24+,25+/m1/s1. The molecule has 3 aromatic carbocycles. The number of rotatable bonds is 7. The molecule has 0 radical (unpaired) electrons. The lowest BCUT2D eigenvalue weighted by atomic mass is 9.80. The minimum Gasteiger partial charge on any atom is -0.387 e. The fraction of sp³-hybridized carbons (Fsp3) is 0.308. The van der Waals surface area contributed by atoms with Gasteiger partial charge in [0.2, 0.25) is 0 Å². The molecule has 6 heteroatoms. The number of benzene rings is 3. The molecular weight excluding hydrogens is 408 g/mol. The zero-order valence-corrected chi connectivity index (χ0v) is 17.8. The van der Waals surface area contributed by atoms with Gasteiger partial charge in [0.1, 0.15) is 30.0 Å². The van der Waals surface area contributed by atoms with E-state index in [-0.39, 0.29) is 6.61 Å². The molecule has 1 aliphatic rings. The Kier molecular flexibility index (Phi) is 7.01. The smallest absolute Gasteiger partial charge is 0.186 e. The third kappa shape index (κ3) is 4.21. The van der Waals surface area contributed by atoms with Crippen LogP contribution in [0.3, 0.4) is 0 Å². The van der Waals surface area contributed by atoms with Crippen LogP contribution in [0.5, 0.6) is 0 Å². The van der Waals surface area contributed by atoms with Crippen molar-refractivity contribution in [1.82, 2.24) is 0 Å². The molecule has 1 saturated heterocycles. The molecule has 0 saturated carbocycles. The summed E-state index contributed by atoms with van der Waals surface area (Å²) in [5, 5.41) is 30.9. The number of methoxy groups -OCH3 is 1. The average Bonchev–Trinajstić information content (AvgIpc) is 2.86. The maximum atomic E-state index is 10.6. The molecule has 1 aliphatic heterocycles. The number of aliphatic hydroxyl groups is 3. The third-order valence-corrected chi connectivity index (χ3v) is 5.91. The normalized spacial score (nSPS) is 26.1. The van der Waals surface area contributed by atoms with Crippen LogP contribution in [0.4, 0.5) is 0 Å². The number of ether oxygens (including phenoxy) is 3. The van der Waals surface area contributed by atoms with Crippen LogP contribution in [0, 0.1) is 0 Å². The molecular formula is C26H28O6. The summed E-state index contributed by atoms with van der Waals surface area (Å²) in [4.78, 5) is 0. The van der Waals surface area contributed by atoms with Crippen LogP contribution in [0.25, 0.3) is 0 Å². The first kappa shape index (κ1) is 22.6. The number of hydrogen-bond donors (Lipinski definition) is 3. The summed E-state index contributed by atoms with van der Waals surface area (Å²) in [6, 6.07) is 29.5. The van der Waals surface area contributed by atoms with E-state index in [0.717, 1.165) is 16.7 Å². The van der Waals surface area contributed by atoms with E-state index in [1.807, 2.05) is 91.0 Å². The van der Waals surface area contributed by atoms with Crippen LogP contribution in [0.1, 0.15) is 16.7 Å². The predicted molar refractivity (Wildman–Crippen MR) is 119 cm³/mol. The van der Waals surface area contributed by atoms with Crippen molar-refractivity contribution in [2.45, 2.75) is 36.3 Å². The molecule has 0 aliphatic carbocycles. The van der Waals surface area contributed by atoms with E-state index in [4.69, 9.17) is 14.2 Å². The predicted octanol–water partition coefficient (Wildman–Crippen LogP) is 2.45. The molecule has 0 aromatic heterocycles. The van der Waals surface area contributed by atoms with Gasteiger partial charge in [-0.2, -0.15) is 0 Å². The van der Waals surface area contributed by atoms with Gasteiger partial charge in [-0.25, -0.2) is 0 Å². The van der Waals surface area contributed by atoms with Crippen LogP contribution in [-0.2, 0) is 19.8 Å². The van der Waals surface area contributed by atoms with Gasteiger partial charge in [0, 0.05) is 7.11 Å². The summed E-state index contributed by atoms with van der Waals surface area (Å²) in [5.74, 6) is 0. The second kappa shape index (κ2) is 9.92. The van der Waals surface area contributed by atoms with E-state index in [1.165, 1.54) is 7.11 Å². The Labute approximate surface area is 187 Å². The van der Waals surface area contributed by atoms with Gasteiger partial charge in [0.15, 0.2) is 6.29 Å². The maximum Gasteiger partial charge on any atom is 0.186 e. The molecule has 1 unspecified atom stereocenters. The minimum absolute atomic E-state index is 0.0521. The highest BCUT2D eigenvalue weighted by Crippen LogP contribution is 2.41. The summed E-state index contributed by atoms with van der Waals surface area (Å²) in [5.41, 5.74) is 1.74. The van der Waals surface area contributed by atoms with E-state index in [0.29, 0.717) is 0 Å². The molecule has 3 aromatic rings. The van der Waals surface area contributed by atoms with Crippen LogP contribution < -0.4 is 0 Å². The second-order valence-corrected chi connectivity index (χ2v) is 7.84. The zero-order valence-electron chi connectivity index (χ0n) is 17.8. The lowest BCUT2D eigenvalue weighted by molar-refractivity contribution is -0.299. The Morgan fingerprint density at radius 3 is 1.53 bits per heavy atom. The molecule has 4 rings (SSSR count). The van der Waals surface area contributed by atoms with E-state index in [9.17, 15) is 15.3 Å². The summed E-state index contributed by atoms with van der Waals surface area (Å²) < 4.78 is 17.5. The van der Waals surface area contributed by atoms with Gasteiger partial charge in [-0.05, 0) is 16.7 Å². The summed E-state index contributed by atoms with van der Waals surface area (Å²) in [6.07, 6.45) is -6.08. The first-order valence-corrected chi connectivity index (χ1v) is 10.6. The van der Waals surface area contributed by atoms with Crippen molar-refractivity contribution in [2.75, 3.05) is 13.7 Å². The van der Waals surface area contributed by atoms with Crippen molar-refractivity contribution in [3.05, 3.63) is 108 Å². The molecule has 0 amide bonds. The van der Waals surface area contributed by atoms with Gasteiger partial charge in [-0.1, -0.05) is 91.0 Å². The van der Waals surface area contributed by atoms with E-state index < -0.39 is 36.3 Å². The molecule has 1 heterocycles. The lowest BCUT2D eigenvalue weighted by Crippen LogP contribution is -2.59. The summed E-state index contributed by atoms with van der Waals surface area (Å²) in [7, 11) is 1.37. The molecule has 0 bridgehead atoms. The molecule has 0 spiro atoms. The Balaban J connectivity index is 1.77. The highest BCUT2D eigenvalue weighted by atomic mass is 16.7. The third-order valence-electron chi connectivity index (χ3n) is 5.91. The quantitative estimate of drug-likeness (QED) is 0.493. The minimum atomic E-state index is -1.41. The number of hydrogen-bond acceptors (Lipinski definition) is 6. The lowest BCUT2D eigenvalue weighted by Gasteiger charge is -2.42. The van der Waals surface area contributed by atoms with Crippen LogP contribution in [0.15, 0.2) is 91.0 Å². The molecule has 32 heavy (non-hydrogen) atoms. The van der Waals surface area contributed by atoms with E-state index in [2.05, 4.69) is 0 Å². The summed E-state index contributed by atoms with van der Waals surface area (Å²) in [6.45, 7) is -0.0521. The molecule has 168 valence electrons. The van der Waals surface area contributed by atoms with Crippen LogP contribution >= 0.6 is 0 Å². The van der Waals surface area contributed by atoms with Gasteiger partial charge in [0.25, 0.3) is 0 Å². The van der Waals surface area contributed by atoms with Crippen molar-refractivity contribution < 1.29 is 29.5 Å². The largest absolute Gasteiger partial charge is 0.387 e. The molecule has 5 atom stereocenters. The van der Waals surface area contributed by atoms with Gasteiger partial charge in [0.05, 0.1) is 6.61 Å². The first-order chi connectivity index (χ1) is 15.6. The SMILES string of the molecule is CO[C@H]1O[C@H](COC(c2ccccc2)(c2ccccc2)c2ccccc2)C(O)[C@H](O)[C@@H]1O. The van der Waals surface area contributed by atoms with Crippen molar-refractivity contribution in [1.29, 1.82) is 0 Å². The van der Waals surface area contributed by atoms with Crippen LogP contribution in [0.2, 0.25) is 0 Å². The zero-order chi connectivity index (χ0) is 22.6. The first-order valence-electron chi connectivity index (χ1n) is 10.6. The van der Waals surface area contributed by atoms with Crippen molar-refractivity contribution in [3.8, 4) is 0 Å². The van der Waals surface area contributed by atoms with Gasteiger partial charge in [-0.3, -0.25) is 0 Å². The van der Waals surface area contributed by atoms with Gasteiger partial charge >= 0.3 is 0 Å². The fourth-order valence-electron chi connectivity index (χ4n) is 4.22. The second-order valence-electron chi connectivity index (χ2n) is 7.84. The highest BCUT2D eigenvalue weighted by molar-refractivity contribution is 5.47. The Bertz CT molecular complexity index is 867. The van der Waals surface area contributed by atoms with Crippen molar-refractivity contribution >= 4 is 0 Å². The van der Waals surface area contributed by atoms with E-state index in [1.54, 1.807) is 0 Å². The summed E-state index contributed by atoms with van der Waals surface area (Å²) >= 11 is 0. The molecule has 6 nitrogen and oxygen atoms in total. The molecule has 3 N–H and O–H groups in total. The Morgan fingerprint density at radius 2 is 1.12 bits per heavy atom. The van der Waals surface area contributed by atoms with E-state index >= 15 is 0 Å². The maximum absolute atomic E-state index is 10.6. The van der Waals surface area contributed by atoms with Gasteiger partial charge < -0.3 is 29.5 Å². The number of aliphatic hydroxyl groups excluding tert-OH is 3. The van der Waals surface area contributed by atoms with Crippen molar-refractivity contribution in [2.24, 2.45) is 0 Å². The highest BCUT2D eigenvalue weighted by Gasteiger charge is 2.46. The van der Waals surface area contributed by atoms with Crippen molar-refractivity contribution in [3.63, 3.8) is 0 Å². The topological polar surface area (TPSA) is 88.4 Å². The monoisotopic (exact) mass is 436 g/mol. The molecule has 1 fully saturated rings. The van der Waals surface area contributed by atoms with Crippen LogP contribution in [-0.4, -0.2) is 59.7 Å². The Hall–Kier alpha value is -2.58. The Morgan fingerprint density at radius 1 is 0.688 bits per heavy atom. The van der Waals surface area contributed by atoms with Gasteiger partial charge in [-0.15, -0.1) is 0 Å². The fourth-order valence-corrected chi connectivity index (χ4v) is 4.22.